The van der Waals surface area contributed by atoms with Gasteiger partial charge in [0.05, 0.1) is 17.6 Å². The van der Waals surface area contributed by atoms with E-state index in [2.05, 4.69) is 27.8 Å². The summed E-state index contributed by atoms with van der Waals surface area (Å²) in [6.07, 6.45) is 6.73. The van der Waals surface area contributed by atoms with Crippen molar-refractivity contribution in [1.29, 1.82) is 0 Å². The second-order valence-electron chi connectivity index (χ2n) is 6.25. The molecule has 0 saturated carbocycles. The standard InChI is InChI=1S/C19H26N4O3/c1-2-3-4-5-6-9-12-20-18(25)19(26)21-13-16-14-10-7-8-11-15(14)17(24)23-22-16/h7-8,10-11H,2-6,9,12-13H2,1H3,(H,20,25)(H,21,26)(H,23,24). The van der Waals surface area contributed by atoms with E-state index in [4.69, 9.17) is 0 Å². The molecule has 0 saturated heterocycles. The zero-order chi connectivity index (χ0) is 18.8. The molecule has 0 unspecified atom stereocenters. The Morgan fingerprint density at radius 2 is 1.62 bits per heavy atom. The van der Waals surface area contributed by atoms with Crippen LogP contribution in [-0.2, 0) is 16.1 Å². The van der Waals surface area contributed by atoms with E-state index in [0.717, 1.165) is 19.3 Å². The second kappa shape index (κ2) is 10.3. The molecule has 1 heterocycles. The first-order chi connectivity index (χ1) is 12.6. The normalized spacial score (nSPS) is 10.7. The number of hydrogen-bond donors (Lipinski definition) is 3. The summed E-state index contributed by atoms with van der Waals surface area (Å²) in [5.74, 6) is -1.35. The summed E-state index contributed by atoms with van der Waals surface area (Å²) < 4.78 is 0. The molecule has 2 rings (SSSR count). The predicted octanol–water partition coefficient (Wildman–Crippen LogP) is 2.02. The Bertz CT molecular complexity index is 801. The molecule has 0 spiro atoms. The van der Waals surface area contributed by atoms with Crippen LogP contribution in [0.5, 0.6) is 0 Å². The molecular weight excluding hydrogens is 332 g/mol. The van der Waals surface area contributed by atoms with Gasteiger partial charge in [-0.2, -0.15) is 5.10 Å². The maximum Gasteiger partial charge on any atom is 0.309 e. The molecule has 2 aromatic rings. The number of unbranched alkanes of at least 4 members (excludes halogenated alkanes) is 5. The first-order valence-corrected chi connectivity index (χ1v) is 9.15. The van der Waals surface area contributed by atoms with Gasteiger partial charge < -0.3 is 10.6 Å². The average Bonchev–Trinajstić information content (AvgIpc) is 2.66. The SMILES string of the molecule is CCCCCCCCNC(=O)C(=O)NCc1n[nH]c(=O)c2ccccc12. The number of nitrogens with one attached hydrogen (secondary N) is 3. The predicted molar refractivity (Wildman–Crippen MR) is 101 cm³/mol. The number of aromatic nitrogens is 2. The van der Waals surface area contributed by atoms with E-state index in [1.165, 1.54) is 19.3 Å². The Balaban J connectivity index is 1.77. The zero-order valence-electron chi connectivity index (χ0n) is 15.1. The Morgan fingerprint density at radius 1 is 0.962 bits per heavy atom. The monoisotopic (exact) mass is 358 g/mol. The van der Waals surface area contributed by atoms with Gasteiger partial charge in [0.1, 0.15) is 0 Å². The van der Waals surface area contributed by atoms with Gasteiger partial charge in [-0.05, 0) is 12.5 Å². The van der Waals surface area contributed by atoms with Crippen molar-refractivity contribution in [3.63, 3.8) is 0 Å². The van der Waals surface area contributed by atoms with Crippen molar-refractivity contribution in [2.24, 2.45) is 0 Å². The summed E-state index contributed by atoms with van der Waals surface area (Å²) in [4.78, 5) is 35.5. The van der Waals surface area contributed by atoms with Gasteiger partial charge in [0.25, 0.3) is 5.56 Å². The van der Waals surface area contributed by atoms with Crippen molar-refractivity contribution < 1.29 is 9.59 Å². The summed E-state index contributed by atoms with van der Waals surface area (Å²) in [6.45, 7) is 2.74. The molecular formula is C19H26N4O3. The second-order valence-corrected chi connectivity index (χ2v) is 6.25. The molecule has 0 radical (unpaired) electrons. The first kappa shape index (κ1) is 19.6. The number of carbonyl (C=O) groups is 2. The summed E-state index contributed by atoms with van der Waals surface area (Å²) in [6, 6.07) is 7.00. The van der Waals surface area contributed by atoms with Crippen LogP contribution in [0.15, 0.2) is 29.1 Å². The summed E-state index contributed by atoms with van der Waals surface area (Å²) >= 11 is 0. The highest BCUT2D eigenvalue weighted by Gasteiger charge is 2.14. The van der Waals surface area contributed by atoms with Crippen molar-refractivity contribution in [3.05, 3.63) is 40.3 Å². The summed E-state index contributed by atoms with van der Waals surface area (Å²) in [7, 11) is 0. The van der Waals surface area contributed by atoms with E-state index in [1.807, 2.05) is 0 Å². The highest BCUT2D eigenvalue weighted by Crippen LogP contribution is 2.11. The Morgan fingerprint density at radius 3 is 2.38 bits per heavy atom. The number of carbonyl (C=O) groups excluding carboxylic acids is 2. The quantitative estimate of drug-likeness (QED) is 0.471. The van der Waals surface area contributed by atoms with Gasteiger partial charge in [-0.25, -0.2) is 5.10 Å². The minimum atomic E-state index is -0.701. The van der Waals surface area contributed by atoms with E-state index in [9.17, 15) is 14.4 Å². The number of aromatic amines is 1. The van der Waals surface area contributed by atoms with E-state index >= 15 is 0 Å². The van der Waals surface area contributed by atoms with E-state index < -0.39 is 11.8 Å². The third kappa shape index (κ3) is 5.68. The van der Waals surface area contributed by atoms with Crippen molar-refractivity contribution >= 4 is 22.6 Å². The van der Waals surface area contributed by atoms with Crippen LogP contribution in [0.2, 0.25) is 0 Å². The van der Waals surface area contributed by atoms with Crippen LogP contribution in [0.3, 0.4) is 0 Å². The van der Waals surface area contributed by atoms with Gasteiger partial charge in [0.15, 0.2) is 0 Å². The van der Waals surface area contributed by atoms with Crippen molar-refractivity contribution in [1.82, 2.24) is 20.8 Å². The summed E-state index contributed by atoms with van der Waals surface area (Å²) in [5, 5.41) is 12.7. The molecule has 0 fully saturated rings. The van der Waals surface area contributed by atoms with Crippen LogP contribution >= 0.6 is 0 Å². The smallest absolute Gasteiger partial charge is 0.309 e. The highest BCUT2D eigenvalue weighted by molar-refractivity contribution is 6.35. The molecule has 0 aliphatic carbocycles. The van der Waals surface area contributed by atoms with Gasteiger partial charge >= 0.3 is 11.8 Å². The van der Waals surface area contributed by atoms with Crippen LogP contribution < -0.4 is 16.2 Å². The highest BCUT2D eigenvalue weighted by atomic mass is 16.2. The largest absolute Gasteiger partial charge is 0.348 e. The van der Waals surface area contributed by atoms with Crippen molar-refractivity contribution in [2.75, 3.05) is 6.54 Å². The lowest BCUT2D eigenvalue weighted by molar-refractivity contribution is -0.139. The Labute approximate surface area is 152 Å². The van der Waals surface area contributed by atoms with Crippen LogP contribution in [0, 0.1) is 0 Å². The lowest BCUT2D eigenvalue weighted by atomic mass is 10.1. The van der Waals surface area contributed by atoms with Crippen LogP contribution in [-0.4, -0.2) is 28.6 Å². The number of H-pyrrole nitrogens is 1. The fourth-order valence-electron chi connectivity index (χ4n) is 2.74. The molecule has 0 aliphatic heterocycles. The Hall–Kier alpha value is -2.70. The fraction of sp³-hybridized carbons (Fsp3) is 0.474. The lowest BCUT2D eigenvalue weighted by Crippen LogP contribution is -2.40. The van der Waals surface area contributed by atoms with Gasteiger partial charge in [-0.1, -0.05) is 57.2 Å². The molecule has 26 heavy (non-hydrogen) atoms. The van der Waals surface area contributed by atoms with Gasteiger partial charge in [0.2, 0.25) is 0 Å². The molecule has 7 nitrogen and oxygen atoms in total. The first-order valence-electron chi connectivity index (χ1n) is 9.15. The van der Waals surface area contributed by atoms with Gasteiger partial charge in [-0.3, -0.25) is 14.4 Å². The van der Waals surface area contributed by atoms with Gasteiger partial charge in [-0.15, -0.1) is 0 Å². The molecule has 0 aliphatic rings. The van der Waals surface area contributed by atoms with Crippen LogP contribution in [0.25, 0.3) is 10.8 Å². The number of hydrogen-bond acceptors (Lipinski definition) is 4. The third-order valence-electron chi connectivity index (χ3n) is 4.21. The average molecular weight is 358 g/mol. The minimum absolute atomic E-state index is 0.0700. The summed E-state index contributed by atoms with van der Waals surface area (Å²) in [5.41, 5.74) is 0.227. The molecule has 1 aromatic heterocycles. The van der Waals surface area contributed by atoms with Crippen LogP contribution in [0.4, 0.5) is 0 Å². The number of fused-ring (bicyclic) bond motifs is 1. The molecule has 0 atom stereocenters. The topological polar surface area (TPSA) is 104 Å². The van der Waals surface area contributed by atoms with E-state index in [1.54, 1.807) is 24.3 Å². The molecule has 3 N–H and O–H groups in total. The molecule has 1 aromatic carbocycles. The number of nitrogens with zero attached hydrogens (tertiary/aromatic N) is 1. The Kier molecular flexibility index (Phi) is 7.79. The van der Waals surface area contributed by atoms with Gasteiger partial charge in [0, 0.05) is 11.9 Å². The van der Waals surface area contributed by atoms with Crippen molar-refractivity contribution in [2.45, 2.75) is 52.0 Å². The molecule has 140 valence electrons. The maximum atomic E-state index is 11.9. The van der Waals surface area contributed by atoms with E-state index in [-0.39, 0.29) is 12.1 Å². The van der Waals surface area contributed by atoms with Crippen LogP contribution in [0.1, 0.15) is 51.1 Å². The molecule has 7 heteroatoms. The minimum Gasteiger partial charge on any atom is -0.348 e. The number of amides is 2. The third-order valence-corrected chi connectivity index (χ3v) is 4.21. The number of benzene rings is 1. The van der Waals surface area contributed by atoms with E-state index in [0.29, 0.717) is 23.0 Å². The zero-order valence-corrected chi connectivity index (χ0v) is 15.1. The lowest BCUT2D eigenvalue weighted by Gasteiger charge is -2.08. The van der Waals surface area contributed by atoms with Crippen molar-refractivity contribution in [3.8, 4) is 0 Å². The molecule has 0 bridgehead atoms. The number of rotatable bonds is 9. The maximum absolute atomic E-state index is 11.9. The fourth-order valence-corrected chi connectivity index (χ4v) is 2.74. The molecule has 2 amide bonds.